The molecule has 1 rings (SSSR count). The molecule has 0 aromatic rings. The van der Waals surface area contributed by atoms with Gasteiger partial charge in [0.2, 0.25) is 0 Å². The Morgan fingerprint density at radius 1 is 1.31 bits per heavy atom. The van der Waals surface area contributed by atoms with Crippen molar-refractivity contribution in [2.75, 3.05) is 40.3 Å². The normalized spacial score (nSPS) is 21.6. The molecule has 3 nitrogen and oxygen atoms in total. The molecule has 2 N–H and O–H groups in total. The summed E-state index contributed by atoms with van der Waals surface area (Å²) in [6.07, 6.45) is 5.16. The first-order valence-electron chi connectivity index (χ1n) is 6.76. The molecule has 0 saturated carbocycles. The highest BCUT2D eigenvalue weighted by molar-refractivity contribution is 4.77. The van der Waals surface area contributed by atoms with Crippen LogP contribution < -0.4 is 5.73 Å². The average molecular weight is 227 g/mol. The van der Waals surface area contributed by atoms with E-state index in [1.54, 1.807) is 0 Å². The number of nitrogens with two attached hydrogens (primary N) is 1. The zero-order valence-corrected chi connectivity index (χ0v) is 11.3. The summed E-state index contributed by atoms with van der Waals surface area (Å²) in [7, 11) is 4.39. The van der Waals surface area contributed by atoms with Crippen molar-refractivity contribution in [3.8, 4) is 0 Å². The molecule has 0 aromatic heterocycles. The van der Waals surface area contributed by atoms with Crippen LogP contribution in [0.2, 0.25) is 0 Å². The topological polar surface area (TPSA) is 32.5 Å². The number of piperidine rings is 1. The fraction of sp³-hybridized carbons (Fsp3) is 1.00. The summed E-state index contributed by atoms with van der Waals surface area (Å²) in [6.45, 7) is 6.88. The Kier molecular flexibility index (Phi) is 6.32. The van der Waals surface area contributed by atoms with Crippen LogP contribution in [0.25, 0.3) is 0 Å². The maximum Gasteiger partial charge on any atom is 0.0113 e. The predicted octanol–water partition coefficient (Wildman–Crippen LogP) is 1.39. The summed E-state index contributed by atoms with van der Waals surface area (Å²) in [5.74, 6) is 0.728. The maximum atomic E-state index is 5.74. The highest BCUT2D eigenvalue weighted by Gasteiger charge is 2.20. The van der Waals surface area contributed by atoms with Crippen molar-refractivity contribution >= 4 is 0 Å². The van der Waals surface area contributed by atoms with Crippen LogP contribution in [0.3, 0.4) is 0 Å². The Balaban J connectivity index is 2.17. The molecule has 0 aliphatic carbocycles. The summed E-state index contributed by atoms with van der Waals surface area (Å²) in [5.41, 5.74) is 5.74. The van der Waals surface area contributed by atoms with E-state index in [0.29, 0.717) is 0 Å². The van der Waals surface area contributed by atoms with Gasteiger partial charge in [0.1, 0.15) is 0 Å². The van der Waals surface area contributed by atoms with Crippen LogP contribution >= 0.6 is 0 Å². The molecule has 0 bridgehead atoms. The van der Waals surface area contributed by atoms with E-state index in [9.17, 15) is 0 Å². The number of hydrogen-bond acceptors (Lipinski definition) is 3. The van der Waals surface area contributed by atoms with E-state index in [4.69, 9.17) is 5.73 Å². The Morgan fingerprint density at radius 3 is 2.38 bits per heavy atom. The lowest BCUT2D eigenvalue weighted by molar-refractivity contribution is 0.139. The minimum absolute atomic E-state index is 0.728. The van der Waals surface area contributed by atoms with Crippen LogP contribution in [0.5, 0.6) is 0 Å². The third kappa shape index (κ3) is 4.40. The Hall–Kier alpha value is -0.120. The van der Waals surface area contributed by atoms with Gasteiger partial charge in [0.25, 0.3) is 0 Å². The van der Waals surface area contributed by atoms with Crippen molar-refractivity contribution < 1.29 is 0 Å². The first kappa shape index (κ1) is 13.9. The minimum Gasteiger partial charge on any atom is -0.330 e. The van der Waals surface area contributed by atoms with E-state index in [0.717, 1.165) is 18.5 Å². The summed E-state index contributed by atoms with van der Waals surface area (Å²) in [6, 6.07) is 0.799. The summed E-state index contributed by atoms with van der Waals surface area (Å²) < 4.78 is 0. The van der Waals surface area contributed by atoms with Crippen molar-refractivity contribution in [3.63, 3.8) is 0 Å². The van der Waals surface area contributed by atoms with Gasteiger partial charge >= 0.3 is 0 Å². The highest BCUT2D eigenvalue weighted by Crippen LogP contribution is 2.16. The summed E-state index contributed by atoms with van der Waals surface area (Å²) in [4.78, 5) is 4.98. The lowest BCUT2D eigenvalue weighted by atomic mass is 10.00. The van der Waals surface area contributed by atoms with Crippen LogP contribution in [-0.4, -0.2) is 56.1 Å². The second kappa shape index (κ2) is 7.25. The average Bonchev–Trinajstić information content (AvgIpc) is 2.31. The molecule has 96 valence electrons. The Labute approximate surface area is 101 Å². The molecule has 0 aromatic carbocycles. The smallest absolute Gasteiger partial charge is 0.0113 e. The van der Waals surface area contributed by atoms with Gasteiger partial charge in [-0.15, -0.1) is 0 Å². The van der Waals surface area contributed by atoms with Crippen molar-refractivity contribution in [3.05, 3.63) is 0 Å². The quantitative estimate of drug-likeness (QED) is 0.744. The minimum atomic E-state index is 0.728. The molecule has 1 heterocycles. The second-order valence-corrected chi connectivity index (χ2v) is 5.34. The van der Waals surface area contributed by atoms with E-state index < -0.39 is 0 Å². The van der Waals surface area contributed by atoms with Crippen LogP contribution in [0.15, 0.2) is 0 Å². The molecule has 1 saturated heterocycles. The van der Waals surface area contributed by atoms with Crippen molar-refractivity contribution in [2.24, 2.45) is 11.7 Å². The van der Waals surface area contributed by atoms with E-state index in [-0.39, 0.29) is 0 Å². The van der Waals surface area contributed by atoms with Crippen molar-refractivity contribution in [2.45, 2.75) is 38.6 Å². The second-order valence-electron chi connectivity index (χ2n) is 5.34. The standard InChI is InChI=1S/C13H29N3/c1-4-12(11-14)5-8-16-9-6-13(7-10-16)15(2)3/h12-13H,4-11,14H2,1-3H3. The Bertz CT molecular complexity index is 170. The summed E-state index contributed by atoms with van der Waals surface area (Å²) >= 11 is 0. The predicted molar refractivity (Wildman–Crippen MR) is 70.6 cm³/mol. The van der Waals surface area contributed by atoms with Gasteiger partial charge in [-0.2, -0.15) is 0 Å². The largest absolute Gasteiger partial charge is 0.330 e. The van der Waals surface area contributed by atoms with Crippen molar-refractivity contribution in [1.82, 2.24) is 9.80 Å². The van der Waals surface area contributed by atoms with Crippen LogP contribution in [0.1, 0.15) is 32.6 Å². The molecule has 1 fully saturated rings. The molecule has 1 atom stereocenters. The van der Waals surface area contributed by atoms with E-state index in [1.165, 1.54) is 45.3 Å². The number of hydrogen-bond donors (Lipinski definition) is 1. The lowest BCUT2D eigenvalue weighted by Crippen LogP contribution is -2.42. The van der Waals surface area contributed by atoms with Gasteiger partial charge in [0.15, 0.2) is 0 Å². The van der Waals surface area contributed by atoms with Gasteiger partial charge in [0.05, 0.1) is 0 Å². The van der Waals surface area contributed by atoms with Gasteiger partial charge in [-0.1, -0.05) is 13.3 Å². The number of nitrogens with zero attached hydrogens (tertiary/aromatic N) is 2. The van der Waals surface area contributed by atoms with Gasteiger partial charge in [0, 0.05) is 6.04 Å². The molecule has 0 amide bonds. The van der Waals surface area contributed by atoms with Crippen LogP contribution in [0, 0.1) is 5.92 Å². The zero-order valence-electron chi connectivity index (χ0n) is 11.3. The molecule has 1 aliphatic rings. The zero-order chi connectivity index (χ0) is 12.0. The van der Waals surface area contributed by atoms with E-state index in [2.05, 4.69) is 30.8 Å². The Morgan fingerprint density at radius 2 is 1.94 bits per heavy atom. The van der Waals surface area contributed by atoms with E-state index in [1.807, 2.05) is 0 Å². The van der Waals surface area contributed by atoms with Crippen LogP contribution in [-0.2, 0) is 0 Å². The molecule has 0 radical (unpaired) electrons. The molecule has 1 aliphatic heterocycles. The molecule has 3 heteroatoms. The van der Waals surface area contributed by atoms with Gasteiger partial charge in [-0.3, -0.25) is 0 Å². The van der Waals surface area contributed by atoms with Crippen molar-refractivity contribution in [1.29, 1.82) is 0 Å². The lowest BCUT2D eigenvalue weighted by Gasteiger charge is -2.35. The third-order valence-corrected chi connectivity index (χ3v) is 4.05. The molecule has 1 unspecified atom stereocenters. The van der Waals surface area contributed by atoms with Gasteiger partial charge < -0.3 is 15.5 Å². The first-order valence-corrected chi connectivity index (χ1v) is 6.76. The maximum absolute atomic E-state index is 5.74. The fourth-order valence-corrected chi connectivity index (χ4v) is 2.51. The molecule has 0 spiro atoms. The first-order chi connectivity index (χ1) is 7.67. The number of likely N-dealkylation sites (tertiary alicyclic amines) is 1. The van der Waals surface area contributed by atoms with E-state index >= 15 is 0 Å². The number of rotatable bonds is 6. The SMILES string of the molecule is CCC(CN)CCN1CCC(N(C)C)CC1. The third-order valence-electron chi connectivity index (χ3n) is 4.05. The monoisotopic (exact) mass is 227 g/mol. The van der Waals surface area contributed by atoms with Crippen LogP contribution in [0.4, 0.5) is 0 Å². The molecular weight excluding hydrogens is 198 g/mol. The van der Waals surface area contributed by atoms with Gasteiger partial charge in [-0.05, 0) is 65.5 Å². The van der Waals surface area contributed by atoms with Gasteiger partial charge in [-0.25, -0.2) is 0 Å². The summed E-state index contributed by atoms with van der Waals surface area (Å²) in [5, 5.41) is 0. The highest BCUT2D eigenvalue weighted by atomic mass is 15.2. The fourth-order valence-electron chi connectivity index (χ4n) is 2.51. The molecule has 16 heavy (non-hydrogen) atoms. The molecular formula is C13H29N3.